The second-order valence-electron chi connectivity index (χ2n) is 4.38. The zero-order valence-corrected chi connectivity index (χ0v) is 12.0. The maximum absolute atomic E-state index is 7.17. The van der Waals surface area contributed by atoms with Crippen LogP contribution in [0.2, 0.25) is 0 Å². The quantitative estimate of drug-likeness (QED) is 0.661. The number of hydrogen-bond acceptors (Lipinski definition) is 4. The Morgan fingerprint density at radius 2 is 1.32 bits per heavy atom. The maximum atomic E-state index is 7.17. The van der Waals surface area contributed by atoms with Gasteiger partial charge in [0.1, 0.15) is 0 Å². The van der Waals surface area contributed by atoms with E-state index < -0.39 is 7.32 Å². The van der Waals surface area contributed by atoms with Crippen molar-refractivity contribution in [3.05, 3.63) is 30.3 Å². The van der Waals surface area contributed by atoms with E-state index in [9.17, 15) is 0 Å². The summed E-state index contributed by atoms with van der Waals surface area (Å²) >= 11 is 0. The molecule has 1 aromatic carbocycles. The molecule has 19 heavy (non-hydrogen) atoms. The van der Waals surface area contributed by atoms with Crippen molar-refractivity contribution in [3.8, 4) is 0 Å². The summed E-state index contributed by atoms with van der Waals surface area (Å²) in [6, 6.07) is 10.8. The lowest BCUT2D eigenvalue weighted by Crippen LogP contribution is -2.25. The summed E-state index contributed by atoms with van der Waals surface area (Å²) in [7, 11) is -2.17. The highest BCUT2D eigenvalue weighted by Gasteiger charge is 2.03. The lowest BCUT2D eigenvalue weighted by Gasteiger charge is -2.24. The third-order valence-electron chi connectivity index (χ3n) is 2.68. The highest BCUT2D eigenvalue weighted by Crippen LogP contribution is 2.14. The Morgan fingerprint density at radius 1 is 0.895 bits per heavy atom. The number of hydrogen-bond donors (Lipinski definition) is 3. The molecule has 0 amide bonds. The van der Waals surface area contributed by atoms with Crippen LogP contribution in [0, 0.1) is 0 Å². The molecule has 0 saturated carbocycles. The van der Waals surface area contributed by atoms with Crippen molar-refractivity contribution in [2.24, 2.45) is 0 Å². The summed E-state index contributed by atoms with van der Waals surface area (Å²) in [6.07, 6.45) is 5.13. The van der Waals surface area contributed by atoms with Gasteiger partial charge in [-0.25, -0.2) is 0 Å². The van der Waals surface area contributed by atoms with Crippen LogP contribution in [0.1, 0.15) is 39.5 Å². The molecule has 0 spiro atoms. The van der Waals surface area contributed by atoms with Crippen molar-refractivity contribution in [2.45, 2.75) is 39.5 Å². The molecule has 108 valence electrons. The molecule has 0 heterocycles. The van der Waals surface area contributed by atoms with Gasteiger partial charge in [0.25, 0.3) is 0 Å². The van der Waals surface area contributed by atoms with E-state index in [2.05, 4.69) is 49.1 Å². The van der Waals surface area contributed by atoms with E-state index in [1.807, 2.05) is 0 Å². The molecule has 1 rings (SSSR count). The third kappa shape index (κ3) is 10.6. The fourth-order valence-corrected chi connectivity index (χ4v) is 1.71. The van der Waals surface area contributed by atoms with Crippen LogP contribution in [-0.2, 0) is 0 Å². The Morgan fingerprint density at radius 3 is 1.68 bits per heavy atom. The maximum Gasteiger partial charge on any atom is 0.631 e. The predicted octanol–water partition coefficient (Wildman–Crippen LogP) is 2.04. The highest BCUT2D eigenvalue weighted by molar-refractivity contribution is 6.30. The van der Waals surface area contributed by atoms with Crippen LogP contribution < -0.4 is 4.90 Å². The van der Waals surface area contributed by atoms with Crippen LogP contribution in [0.5, 0.6) is 0 Å². The van der Waals surface area contributed by atoms with Crippen LogP contribution in [0.3, 0.4) is 0 Å². The molecular formula is C14H26BNO3. The molecule has 0 atom stereocenters. The number of anilines is 1. The van der Waals surface area contributed by atoms with Gasteiger partial charge >= 0.3 is 7.32 Å². The third-order valence-corrected chi connectivity index (χ3v) is 2.68. The van der Waals surface area contributed by atoms with E-state index in [4.69, 9.17) is 15.1 Å². The molecule has 0 bridgehead atoms. The van der Waals surface area contributed by atoms with Gasteiger partial charge in [-0.05, 0) is 25.0 Å². The number of rotatable bonds is 7. The molecule has 5 heteroatoms. The Labute approximate surface area is 116 Å². The fourth-order valence-electron chi connectivity index (χ4n) is 1.71. The summed E-state index contributed by atoms with van der Waals surface area (Å²) in [5, 5.41) is 21.5. The summed E-state index contributed by atoms with van der Waals surface area (Å²) in [4.78, 5) is 2.51. The first kappa shape index (κ1) is 18.0. The van der Waals surface area contributed by atoms with Crippen LogP contribution in [0.25, 0.3) is 0 Å². The first-order valence-corrected chi connectivity index (χ1v) is 6.96. The van der Waals surface area contributed by atoms with Gasteiger partial charge in [-0.1, -0.05) is 44.9 Å². The smallest absolute Gasteiger partial charge is 0.402 e. The molecule has 0 aromatic heterocycles. The fraction of sp³-hybridized carbons (Fsp3) is 0.571. The lowest BCUT2D eigenvalue weighted by atomic mass is 10.2. The summed E-state index contributed by atoms with van der Waals surface area (Å²) in [6.45, 7) is 6.90. The van der Waals surface area contributed by atoms with Crippen LogP contribution in [0.15, 0.2) is 30.3 Å². The van der Waals surface area contributed by atoms with E-state index in [0.717, 1.165) is 0 Å². The SMILES string of the molecule is CCCCN(CCCC)c1ccccc1.OB(O)O. The minimum Gasteiger partial charge on any atom is -0.402 e. The zero-order valence-electron chi connectivity index (χ0n) is 12.0. The van der Waals surface area contributed by atoms with Gasteiger partial charge in [0.15, 0.2) is 0 Å². The molecule has 0 aliphatic heterocycles. The number of benzene rings is 1. The van der Waals surface area contributed by atoms with Gasteiger partial charge in [0.2, 0.25) is 0 Å². The van der Waals surface area contributed by atoms with Crippen molar-refractivity contribution in [2.75, 3.05) is 18.0 Å². The molecule has 0 unspecified atom stereocenters. The second kappa shape index (κ2) is 12.0. The molecule has 0 saturated heterocycles. The van der Waals surface area contributed by atoms with Crippen molar-refractivity contribution in [1.82, 2.24) is 0 Å². The largest absolute Gasteiger partial charge is 0.631 e. The van der Waals surface area contributed by atoms with Gasteiger partial charge in [0, 0.05) is 18.8 Å². The second-order valence-corrected chi connectivity index (χ2v) is 4.38. The molecule has 4 nitrogen and oxygen atoms in total. The Hall–Kier alpha value is -1.04. The minimum atomic E-state index is -2.17. The summed E-state index contributed by atoms with van der Waals surface area (Å²) in [5.74, 6) is 0. The predicted molar refractivity (Wildman–Crippen MR) is 80.9 cm³/mol. The van der Waals surface area contributed by atoms with Gasteiger partial charge in [-0.15, -0.1) is 0 Å². The highest BCUT2D eigenvalue weighted by atomic mass is 16.5. The molecule has 1 aromatic rings. The first-order valence-electron chi connectivity index (χ1n) is 6.96. The van der Waals surface area contributed by atoms with Crippen molar-refractivity contribution in [3.63, 3.8) is 0 Å². The van der Waals surface area contributed by atoms with Crippen LogP contribution in [0.4, 0.5) is 5.69 Å². The van der Waals surface area contributed by atoms with Crippen LogP contribution in [-0.4, -0.2) is 35.5 Å². The number of unbranched alkanes of at least 4 members (excludes halogenated alkanes) is 2. The number of para-hydroxylation sites is 1. The lowest BCUT2D eigenvalue weighted by molar-refractivity contribution is 0.278. The molecular weight excluding hydrogens is 241 g/mol. The standard InChI is InChI=1S/C14H23N.BH3O3/c1-3-5-12-15(13-6-4-2)14-10-8-7-9-11-14;2-1(3)4/h7-11H,3-6,12-13H2,1-2H3;2-4H. The van der Waals surface area contributed by atoms with Crippen LogP contribution >= 0.6 is 0 Å². The van der Waals surface area contributed by atoms with Gasteiger partial charge < -0.3 is 20.0 Å². The van der Waals surface area contributed by atoms with Crippen molar-refractivity contribution >= 4 is 13.0 Å². The van der Waals surface area contributed by atoms with E-state index in [1.165, 1.54) is 44.5 Å². The normalized spacial score (nSPS) is 9.53. The molecule has 0 aliphatic rings. The molecule has 3 N–H and O–H groups in total. The Kier molecular flexibility index (Phi) is 11.4. The van der Waals surface area contributed by atoms with E-state index in [-0.39, 0.29) is 0 Å². The van der Waals surface area contributed by atoms with Crippen molar-refractivity contribution in [1.29, 1.82) is 0 Å². The van der Waals surface area contributed by atoms with Gasteiger partial charge in [-0.3, -0.25) is 0 Å². The Balaban J connectivity index is 0.000000711. The molecule has 0 radical (unpaired) electrons. The minimum absolute atomic E-state index is 1.19. The Bertz CT molecular complexity index is 285. The van der Waals surface area contributed by atoms with Gasteiger partial charge in [-0.2, -0.15) is 0 Å². The number of nitrogens with zero attached hydrogens (tertiary/aromatic N) is 1. The molecule has 0 aliphatic carbocycles. The monoisotopic (exact) mass is 267 g/mol. The van der Waals surface area contributed by atoms with E-state index >= 15 is 0 Å². The van der Waals surface area contributed by atoms with Crippen molar-refractivity contribution < 1.29 is 15.1 Å². The summed E-state index contributed by atoms with van der Waals surface area (Å²) < 4.78 is 0. The zero-order chi connectivity index (χ0) is 14.5. The van der Waals surface area contributed by atoms with Gasteiger partial charge in [0.05, 0.1) is 0 Å². The topological polar surface area (TPSA) is 63.9 Å². The summed E-state index contributed by atoms with van der Waals surface area (Å²) in [5.41, 5.74) is 1.37. The average Bonchev–Trinajstić information content (AvgIpc) is 2.39. The molecule has 0 fully saturated rings. The van der Waals surface area contributed by atoms with E-state index in [0.29, 0.717) is 0 Å². The average molecular weight is 267 g/mol. The van der Waals surface area contributed by atoms with E-state index in [1.54, 1.807) is 0 Å². The first-order chi connectivity index (χ1) is 9.11.